The highest BCUT2D eigenvalue weighted by Crippen LogP contribution is 2.22. The third-order valence-electron chi connectivity index (χ3n) is 2.82. The van der Waals surface area contributed by atoms with Gasteiger partial charge in [-0.05, 0) is 46.6 Å². The number of hydrogen-bond donors (Lipinski definition) is 2. The summed E-state index contributed by atoms with van der Waals surface area (Å²) in [5.74, 6) is 0.666. The summed E-state index contributed by atoms with van der Waals surface area (Å²) in [5, 5.41) is 5.97. The second-order valence-corrected chi connectivity index (χ2v) is 6.96. The van der Waals surface area contributed by atoms with Crippen LogP contribution in [0.5, 0.6) is 5.75 Å². The molecule has 0 aliphatic carbocycles. The van der Waals surface area contributed by atoms with E-state index < -0.39 is 0 Å². The van der Waals surface area contributed by atoms with Gasteiger partial charge in [0.25, 0.3) is 0 Å². The molecule has 1 amide bonds. The van der Waals surface area contributed by atoms with Crippen LogP contribution < -0.4 is 15.4 Å². The van der Waals surface area contributed by atoms with Gasteiger partial charge in [-0.2, -0.15) is 0 Å². The number of hydrogen-bond acceptors (Lipinski definition) is 4. The lowest BCUT2D eigenvalue weighted by Gasteiger charge is -2.07. The molecule has 0 fully saturated rings. The zero-order valence-corrected chi connectivity index (χ0v) is 14.1. The van der Waals surface area contributed by atoms with Gasteiger partial charge in [0.05, 0.1) is 17.4 Å². The van der Waals surface area contributed by atoms with Crippen LogP contribution in [0.1, 0.15) is 4.88 Å². The molecular weight excluding hydrogens is 352 g/mol. The van der Waals surface area contributed by atoms with E-state index in [-0.39, 0.29) is 5.91 Å². The standard InChI is InChI=1S/C15H17BrN2O2S/c1-20-12-4-2-3-11(9-12)18-15(19)10-17-8-7-13-5-6-14(16)21-13/h2-6,9,17H,7-8,10H2,1H3,(H,18,19). The Morgan fingerprint density at radius 2 is 2.19 bits per heavy atom. The molecule has 2 rings (SSSR count). The minimum Gasteiger partial charge on any atom is -0.497 e. The number of methoxy groups -OCH3 is 1. The topological polar surface area (TPSA) is 50.4 Å². The molecule has 0 spiro atoms. The number of halogens is 1. The van der Waals surface area contributed by atoms with E-state index in [0.717, 1.165) is 28.2 Å². The van der Waals surface area contributed by atoms with Crippen molar-refractivity contribution >= 4 is 38.9 Å². The van der Waals surface area contributed by atoms with Crippen LogP contribution in [0, 0.1) is 0 Å². The van der Waals surface area contributed by atoms with Crippen LogP contribution >= 0.6 is 27.3 Å². The first kappa shape index (κ1) is 16.0. The van der Waals surface area contributed by atoms with Gasteiger partial charge in [-0.15, -0.1) is 11.3 Å². The molecule has 0 saturated carbocycles. The zero-order valence-electron chi connectivity index (χ0n) is 11.7. The summed E-state index contributed by atoms with van der Waals surface area (Å²) in [6.45, 7) is 1.07. The van der Waals surface area contributed by atoms with Crippen molar-refractivity contribution < 1.29 is 9.53 Å². The molecule has 1 aromatic carbocycles. The molecule has 0 unspecified atom stereocenters. The Morgan fingerprint density at radius 3 is 2.90 bits per heavy atom. The maximum atomic E-state index is 11.8. The second kappa shape index (κ2) is 8.17. The van der Waals surface area contributed by atoms with Crippen LogP contribution in [0.15, 0.2) is 40.2 Å². The Kier molecular flexibility index (Phi) is 6.22. The molecule has 4 nitrogen and oxygen atoms in total. The van der Waals surface area contributed by atoms with E-state index >= 15 is 0 Å². The minimum atomic E-state index is -0.0596. The molecule has 0 atom stereocenters. The largest absolute Gasteiger partial charge is 0.497 e. The molecule has 2 N–H and O–H groups in total. The van der Waals surface area contributed by atoms with E-state index in [1.807, 2.05) is 24.3 Å². The Hall–Kier alpha value is -1.37. The second-order valence-electron chi connectivity index (χ2n) is 4.41. The van der Waals surface area contributed by atoms with Crippen molar-refractivity contribution in [1.29, 1.82) is 0 Å². The number of rotatable bonds is 7. The van der Waals surface area contributed by atoms with Gasteiger partial charge in [-0.3, -0.25) is 4.79 Å². The highest BCUT2D eigenvalue weighted by atomic mass is 79.9. The first-order chi connectivity index (χ1) is 10.2. The van der Waals surface area contributed by atoms with Crippen molar-refractivity contribution in [3.63, 3.8) is 0 Å². The third kappa shape index (κ3) is 5.49. The summed E-state index contributed by atoms with van der Waals surface area (Å²) in [6.07, 6.45) is 0.919. The number of anilines is 1. The minimum absolute atomic E-state index is 0.0596. The smallest absolute Gasteiger partial charge is 0.238 e. The number of nitrogens with one attached hydrogen (secondary N) is 2. The van der Waals surface area contributed by atoms with Gasteiger partial charge in [0.1, 0.15) is 5.75 Å². The monoisotopic (exact) mass is 368 g/mol. The summed E-state index contributed by atoms with van der Waals surface area (Å²) in [7, 11) is 1.60. The van der Waals surface area contributed by atoms with Gasteiger partial charge in [0.2, 0.25) is 5.91 Å². The van der Waals surface area contributed by atoms with Crippen LogP contribution in [0.4, 0.5) is 5.69 Å². The summed E-state index contributed by atoms with van der Waals surface area (Å²) in [5.41, 5.74) is 0.739. The van der Waals surface area contributed by atoms with E-state index in [1.54, 1.807) is 24.5 Å². The van der Waals surface area contributed by atoms with Gasteiger partial charge in [-0.1, -0.05) is 6.07 Å². The number of amides is 1. The molecular formula is C15H17BrN2O2S. The predicted molar refractivity (Wildman–Crippen MR) is 90.2 cm³/mol. The van der Waals surface area contributed by atoms with E-state index in [1.165, 1.54) is 4.88 Å². The highest BCUT2D eigenvalue weighted by molar-refractivity contribution is 9.11. The molecule has 0 saturated heterocycles. The molecule has 2 aromatic rings. The van der Waals surface area contributed by atoms with Crippen LogP contribution in [-0.4, -0.2) is 26.1 Å². The molecule has 0 aliphatic rings. The van der Waals surface area contributed by atoms with E-state index in [0.29, 0.717) is 6.54 Å². The molecule has 0 bridgehead atoms. The highest BCUT2D eigenvalue weighted by Gasteiger charge is 2.03. The Morgan fingerprint density at radius 1 is 1.33 bits per heavy atom. The molecule has 0 radical (unpaired) electrons. The first-order valence-electron chi connectivity index (χ1n) is 6.56. The lowest BCUT2D eigenvalue weighted by Crippen LogP contribution is -2.29. The normalized spacial score (nSPS) is 10.4. The SMILES string of the molecule is COc1cccc(NC(=O)CNCCc2ccc(Br)s2)c1. The van der Waals surface area contributed by atoms with Crippen molar-refractivity contribution in [3.05, 3.63) is 45.1 Å². The van der Waals surface area contributed by atoms with Gasteiger partial charge in [-0.25, -0.2) is 0 Å². The van der Waals surface area contributed by atoms with Crippen LogP contribution in [0.3, 0.4) is 0 Å². The van der Waals surface area contributed by atoms with Gasteiger partial charge in [0, 0.05) is 23.2 Å². The molecule has 6 heteroatoms. The van der Waals surface area contributed by atoms with Crippen molar-refractivity contribution in [3.8, 4) is 5.75 Å². The number of benzene rings is 1. The van der Waals surface area contributed by atoms with Crippen molar-refractivity contribution in [2.24, 2.45) is 0 Å². The van der Waals surface area contributed by atoms with E-state index in [2.05, 4.69) is 32.6 Å². The van der Waals surface area contributed by atoms with Gasteiger partial charge in [0.15, 0.2) is 0 Å². The summed E-state index contributed by atoms with van der Waals surface area (Å²) < 4.78 is 6.25. The fourth-order valence-electron chi connectivity index (χ4n) is 1.81. The lowest BCUT2D eigenvalue weighted by molar-refractivity contribution is -0.115. The predicted octanol–water partition coefficient (Wildman–Crippen LogP) is 3.29. The molecule has 112 valence electrons. The zero-order chi connectivity index (χ0) is 15.1. The molecule has 1 aromatic heterocycles. The van der Waals surface area contributed by atoms with Crippen molar-refractivity contribution in [2.45, 2.75) is 6.42 Å². The Balaban J connectivity index is 1.69. The molecule has 21 heavy (non-hydrogen) atoms. The number of thiophene rings is 1. The third-order valence-corrected chi connectivity index (χ3v) is 4.50. The van der Waals surface area contributed by atoms with Gasteiger partial charge < -0.3 is 15.4 Å². The van der Waals surface area contributed by atoms with E-state index in [4.69, 9.17) is 4.74 Å². The number of carbonyl (C=O) groups is 1. The van der Waals surface area contributed by atoms with Gasteiger partial charge >= 0.3 is 0 Å². The maximum Gasteiger partial charge on any atom is 0.238 e. The Labute approximate surface area is 136 Å². The first-order valence-corrected chi connectivity index (χ1v) is 8.17. The summed E-state index contributed by atoms with van der Waals surface area (Å²) in [6, 6.07) is 11.4. The number of carbonyl (C=O) groups excluding carboxylic acids is 1. The average molecular weight is 369 g/mol. The average Bonchev–Trinajstić information content (AvgIpc) is 2.89. The fourth-order valence-corrected chi connectivity index (χ4v) is 3.29. The molecule has 1 heterocycles. The van der Waals surface area contributed by atoms with Crippen molar-refractivity contribution in [1.82, 2.24) is 5.32 Å². The lowest BCUT2D eigenvalue weighted by atomic mass is 10.3. The molecule has 0 aliphatic heterocycles. The number of ether oxygens (including phenoxy) is 1. The summed E-state index contributed by atoms with van der Waals surface area (Å²) in [4.78, 5) is 13.1. The van der Waals surface area contributed by atoms with Crippen molar-refractivity contribution in [2.75, 3.05) is 25.5 Å². The fraction of sp³-hybridized carbons (Fsp3) is 0.267. The summed E-state index contributed by atoms with van der Waals surface area (Å²) >= 11 is 5.15. The van der Waals surface area contributed by atoms with E-state index in [9.17, 15) is 4.79 Å². The maximum absolute atomic E-state index is 11.8. The Bertz CT molecular complexity index is 601. The van der Waals surface area contributed by atoms with Crippen LogP contribution in [-0.2, 0) is 11.2 Å². The van der Waals surface area contributed by atoms with Crippen LogP contribution in [0.2, 0.25) is 0 Å². The van der Waals surface area contributed by atoms with Crippen LogP contribution in [0.25, 0.3) is 0 Å². The quantitative estimate of drug-likeness (QED) is 0.737.